The van der Waals surface area contributed by atoms with Crippen molar-refractivity contribution in [3.63, 3.8) is 0 Å². The standard InChI is InChI=1S/C29H26FN9/c30-26-13-27-23(12-25(26)29(17-31,18-32)19-33)22(4-7-34-27)24-15-36-39-16-21(14-35-28(24)39)38-10-5-20(6-11-38)37-8-2-1-3-9-37/h4,7,12-16,20H,1-3,5-6,8-11H2. The summed E-state index contributed by atoms with van der Waals surface area (Å²) in [6.45, 7) is 4.39. The molecular weight excluding hydrogens is 493 g/mol. The van der Waals surface area contributed by atoms with Gasteiger partial charge in [0.2, 0.25) is 0 Å². The van der Waals surface area contributed by atoms with Gasteiger partial charge in [-0.25, -0.2) is 13.9 Å². The Labute approximate surface area is 225 Å². The molecule has 0 atom stereocenters. The second-order valence-corrected chi connectivity index (χ2v) is 10.2. The highest BCUT2D eigenvalue weighted by molar-refractivity contribution is 5.98. The molecule has 2 fully saturated rings. The van der Waals surface area contributed by atoms with Crippen LogP contribution in [0.25, 0.3) is 27.7 Å². The zero-order chi connectivity index (χ0) is 27.0. The molecule has 0 aliphatic carbocycles. The normalized spacial score (nSPS) is 17.1. The number of fused-ring (bicyclic) bond motifs is 2. The monoisotopic (exact) mass is 519 g/mol. The highest BCUT2D eigenvalue weighted by Crippen LogP contribution is 2.35. The summed E-state index contributed by atoms with van der Waals surface area (Å²) in [6.07, 6.45) is 13.3. The molecule has 2 saturated heterocycles. The van der Waals surface area contributed by atoms with Gasteiger partial charge in [0, 0.05) is 47.9 Å². The van der Waals surface area contributed by atoms with Crippen molar-refractivity contribution in [3.8, 4) is 29.3 Å². The Kier molecular flexibility index (Phi) is 6.30. The Morgan fingerprint density at radius 3 is 2.36 bits per heavy atom. The van der Waals surface area contributed by atoms with Crippen molar-refractivity contribution in [1.82, 2.24) is 24.5 Å². The topological polar surface area (TPSA) is 121 Å². The lowest BCUT2D eigenvalue weighted by atomic mass is 9.83. The number of rotatable bonds is 4. The van der Waals surface area contributed by atoms with Crippen molar-refractivity contribution < 1.29 is 4.39 Å². The van der Waals surface area contributed by atoms with E-state index in [4.69, 9.17) is 4.98 Å². The smallest absolute Gasteiger partial charge is 0.256 e. The summed E-state index contributed by atoms with van der Waals surface area (Å²) < 4.78 is 16.7. The fourth-order valence-electron chi connectivity index (χ4n) is 5.94. The maximum absolute atomic E-state index is 14.9. The molecule has 4 aromatic rings. The lowest BCUT2D eigenvalue weighted by Gasteiger charge is -2.40. The number of hydrogen-bond acceptors (Lipinski definition) is 8. The Morgan fingerprint density at radius 2 is 1.64 bits per heavy atom. The van der Waals surface area contributed by atoms with Gasteiger partial charge >= 0.3 is 0 Å². The molecular formula is C29H26FN9. The molecule has 0 bridgehead atoms. The van der Waals surface area contributed by atoms with Crippen molar-refractivity contribution >= 4 is 22.2 Å². The molecule has 2 aliphatic heterocycles. The van der Waals surface area contributed by atoms with Gasteiger partial charge in [0.15, 0.2) is 5.65 Å². The second-order valence-electron chi connectivity index (χ2n) is 10.2. The molecule has 3 aromatic heterocycles. The number of benzene rings is 1. The minimum absolute atomic E-state index is 0.295. The van der Waals surface area contributed by atoms with E-state index >= 15 is 0 Å². The molecule has 6 rings (SSSR count). The third-order valence-electron chi connectivity index (χ3n) is 8.11. The molecule has 194 valence electrons. The zero-order valence-electron chi connectivity index (χ0n) is 21.4. The van der Waals surface area contributed by atoms with Crippen LogP contribution in [0.3, 0.4) is 0 Å². The fraction of sp³-hybridized carbons (Fsp3) is 0.379. The average molecular weight is 520 g/mol. The largest absolute Gasteiger partial charge is 0.369 e. The van der Waals surface area contributed by atoms with Crippen LogP contribution < -0.4 is 4.90 Å². The van der Waals surface area contributed by atoms with E-state index in [9.17, 15) is 20.2 Å². The van der Waals surface area contributed by atoms with Crippen LogP contribution in [0.15, 0.2) is 43.0 Å². The van der Waals surface area contributed by atoms with Crippen LogP contribution in [-0.4, -0.2) is 56.7 Å². The van der Waals surface area contributed by atoms with E-state index in [-0.39, 0.29) is 5.56 Å². The van der Waals surface area contributed by atoms with Gasteiger partial charge in [0.1, 0.15) is 24.0 Å². The lowest BCUT2D eigenvalue weighted by Crippen LogP contribution is -2.46. The Bertz CT molecular complexity index is 1640. The molecule has 2 aliphatic rings. The van der Waals surface area contributed by atoms with E-state index in [1.807, 2.05) is 12.4 Å². The predicted octanol–water partition coefficient (Wildman–Crippen LogP) is 4.35. The van der Waals surface area contributed by atoms with Crippen LogP contribution >= 0.6 is 0 Å². The van der Waals surface area contributed by atoms with E-state index in [1.54, 1.807) is 41.2 Å². The fourth-order valence-corrected chi connectivity index (χ4v) is 5.94. The molecule has 39 heavy (non-hydrogen) atoms. The van der Waals surface area contributed by atoms with Crippen LogP contribution in [0.2, 0.25) is 0 Å². The van der Waals surface area contributed by atoms with E-state index in [1.165, 1.54) is 38.4 Å². The number of piperidine rings is 2. The van der Waals surface area contributed by atoms with Crippen LogP contribution in [0.4, 0.5) is 10.1 Å². The summed E-state index contributed by atoms with van der Waals surface area (Å²) in [4.78, 5) is 14.0. The average Bonchev–Trinajstić information content (AvgIpc) is 3.42. The summed E-state index contributed by atoms with van der Waals surface area (Å²) in [5.74, 6) is -0.830. The SMILES string of the molecule is N#CC(C#N)(C#N)c1cc2c(-c3cnn4cc(N5CCC(N6CCCCC6)CC5)cnc34)ccnc2cc1F. The number of pyridine rings is 1. The van der Waals surface area contributed by atoms with Gasteiger partial charge in [-0.3, -0.25) is 4.98 Å². The maximum atomic E-state index is 14.9. The van der Waals surface area contributed by atoms with E-state index in [0.717, 1.165) is 37.7 Å². The molecule has 10 heteroatoms. The van der Waals surface area contributed by atoms with Gasteiger partial charge in [-0.2, -0.15) is 20.9 Å². The van der Waals surface area contributed by atoms with Gasteiger partial charge in [0.25, 0.3) is 5.41 Å². The zero-order valence-corrected chi connectivity index (χ0v) is 21.4. The molecule has 0 amide bonds. The molecule has 5 heterocycles. The predicted molar refractivity (Wildman–Crippen MR) is 143 cm³/mol. The van der Waals surface area contributed by atoms with Crippen LogP contribution in [-0.2, 0) is 5.41 Å². The van der Waals surface area contributed by atoms with Gasteiger partial charge in [-0.1, -0.05) is 6.42 Å². The Morgan fingerprint density at radius 1 is 0.897 bits per heavy atom. The molecule has 0 spiro atoms. The maximum Gasteiger partial charge on any atom is 0.256 e. The molecule has 0 N–H and O–H groups in total. The third-order valence-corrected chi connectivity index (χ3v) is 8.11. The summed E-state index contributed by atoms with van der Waals surface area (Å²) >= 11 is 0. The first-order valence-electron chi connectivity index (χ1n) is 13.2. The van der Waals surface area contributed by atoms with Crippen molar-refractivity contribution in [3.05, 3.63) is 54.4 Å². The summed E-state index contributed by atoms with van der Waals surface area (Å²) in [6, 6.07) is 9.92. The number of likely N-dealkylation sites (tertiary alicyclic amines) is 1. The number of nitrogens with zero attached hydrogens (tertiary/aromatic N) is 9. The Balaban J connectivity index is 1.32. The van der Waals surface area contributed by atoms with Crippen LogP contribution in [0.1, 0.15) is 37.7 Å². The third kappa shape index (κ3) is 4.22. The summed E-state index contributed by atoms with van der Waals surface area (Å²) in [7, 11) is 0. The quantitative estimate of drug-likeness (QED) is 0.390. The number of anilines is 1. The van der Waals surface area contributed by atoms with Gasteiger partial charge < -0.3 is 9.80 Å². The highest BCUT2D eigenvalue weighted by Gasteiger charge is 2.36. The second kappa shape index (κ2) is 9.94. The lowest BCUT2D eigenvalue weighted by molar-refractivity contribution is 0.141. The first-order chi connectivity index (χ1) is 19.1. The van der Waals surface area contributed by atoms with E-state index in [0.29, 0.717) is 33.7 Å². The molecule has 0 unspecified atom stereocenters. The van der Waals surface area contributed by atoms with E-state index in [2.05, 4.69) is 19.9 Å². The van der Waals surface area contributed by atoms with Gasteiger partial charge in [0.05, 0.1) is 29.8 Å². The van der Waals surface area contributed by atoms with Gasteiger partial charge in [-0.05, 0) is 56.5 Å². The van der Waals surface area contributed by atoms with E-state index < -0.39 is 11.2 Å². The number of aromatic nitrogens is 4. The van der Waals surface area contributed by atoms with Crippen LogP contribution in [0.5, 0.6) is 0 Å². The first kappa shape index (κ1) is 24.7. The number of nitriles is 3. The summed E-state index contributed by atoms with van der Waals surface area (Å²) in [5.41, 5.74) is 0.780. The Hall–Kier alpha value is -4.59. The first-order valence-corrected chi connectivity index (χ1v) is 13.2. The number of hydrogen-bond donors (Lipinski definition) is 0. The van der Waals surface area contributed by atoms with Crippen LogP contribution in [0, 0.1) is 39.8 Å². The molecule has 9 nitrogen and oxygen atoms in total. The number of halogens is 1. The van der Waals surface area contributed by atoms with Crippen molar-refractivity contribution in [2.24, 2.45) is 0 Å². The minimum Gasteiger partial charge on any atom is -0.369 e. The van der Waals surface area contributed by atoms with Gasteiger partial charge in [-0.15, -0.1) is 0 Å². The molecule has 0 saturated carbocycles. The summed E-state index contributed by atoms with van der Waals surface area (Å²) in [5, 5.41) is 33.6. The highest BCUT2D eigenvalue weighted by atomic mass is 19.1. The van der Waals surface area contributed by atoms with Crippen molar-refractivity contribution in [1.29, 1.82) is 15.8 Å². The molecule has 1 aromatic carbocycles. The van der Waals surface area contributed by atoms with Crippen molar-refractivity contribution in [2.45, 2.75) is 43.6 Å². The van der Waals surface area contributed by atoms with Crippen molar-refractivity contribution in [2.75, 3.05) is 31.1 Å². The molecule has 0 radical (unpaired) electrons. The minimum atomic E-state index is -2.26.